The Morgan fingerprint density at radius 1 is 0.943 bits per heavy atom. The largest absolute Gasteiger partial charge is 0.508 e. The van der Waals surface area contributed by atoms with Crippen molar-refractivity contribution in [1.82, 2.24) is 4.90 Å². The van der Waals surface area contributed by atoms with E-state index in [1.165, 1.54) is 0 Å². The Hall–Kier alpha value is -2.83. The Balaban J connectivity index is 1.33. The summed E-state index contributed by atoms with van der Waals surface area (Å²) in [7, 11) is 0. The number of rotatable bonds is 6. The average molecular weight is 492 g/mol. The highest BCUT2D eigenvalue weighted by atomic mass is 32.2. The van der Waals surface area contributed by atoms with E-state index in [0.717, 1.165) is 52.4 Å². The quantitative estimate of drug-likeness (QED) is 0.415. The lowest BCUT2D eigenvalue weighted by Gasteiger charge is -2.34. The number of fused-ring (bicyclic) bond motifs is 1. The highest BCUT2D eigenvalue weighted by molar-refractivity contribution is 7.99. The molecule has 3 aromatic rings. The number of aromatic hydroxyl groups is 2. The Morgan fingerprint density at radius 2 is 1.66 bits per heavy atom. The van der Waals surface area contributed by atoms with Crippen LogP contribution in [0.4, 0.5) is 0 Å². The second-order valence-corrected chi connectivity index (χ2v) is 11.1. The van der Waals surface area contributed by atoms with E-state index in [9.17, 15) is 10.2 Å². The van der Waals surface area contributed by atoms with Gasteiger partial charge in [0, 0.05) is 19.1 Å². The Kier molecular flexibility index (Phi) is 6.85. The molecule has 2 aliphatic rings. The van der Waals surface area contributed by atoms with Crippen LogP contribution in [0, 0.1) is 11.8 Å². The highest BCUT2D eigenvalue weighted by Crippen LogP contribution is 2.54. The van der Waals surface area contributed by atoms with Crippen molar-refractivity contribution < 1.29 is 19.7 Å². The molecule has 0 radical (unpaired) electrons. The zero-order valence-electron chi connectivity index (χ0n) is 20.4. The van der Waals surface area contributed by atoms with E-state index in [1.54, 1.807) is 36.0 Å². The van der Waals surface area contributed by atoms with Crippen molar-refractivity contribution in [3.05, 3.63) is 77.9 Å². The molecule has 5 atom stereocenters. The first-order valence-corrected chi connectivity index (χ1v) is 13.2. The number of benzene rings is 3. The van der Waals surface area contributed by atoms with E-state index in [2.05, 4.69) is 37.8 Å². The third kappa shape index (κ3) is 5.24. The van der Waals surface area contributed by atoms with Crippen molar-refractivity contribution in [2.75, 3.05) is 19.7 Å². The van der Waals surface area contributed by atoms with Crippen LogP contribution < -0.4 is 9.47 Å². The summed E-state index contributed by atoms with van der Waals surface area (Å²) in [5, 5.41) is 20.0. The lowest BCUT2D eigenvalue weighted by atomic mass is 10.00. The molecule has 35 heavy (non-hydrogen) atoms. The van der Waals surface area contributed by atoms with E-state index < -0.39 is 0 Å². The predicted octanol–water partition coefficient (Wildman–Crippen LogP) is 6.42. The maximum atomic E-state index is 10.1. The Labute approximate surface area is 211 Å². The molecule has 6 heteroatoms. The zero-order chi connectivity index (χ0) is 24.5. The van der Waals surface area contributed by atoms with Gasteiger partial charge in [0.05, 0.1) is 10.1 Å². The van der Waals surface area contributed by atoms with E-state index in [4.69, 9.17) is 9.47 Å². The van der Waals surface area contributed by atoms with Crippen LogP contribution in [-0.4, -0.2) is 40.9 Å². The lowest BCUT2D eigenvalue weighted by molar-refractivity contribution is 0.166. The van der Waals surface area contributed by atoms with Crippen LogP contribution >= 0.6 is 11.8 Å². The number of likely N-dealkylation sites (tertiary alicyclic amines) is 1. The molecule has 1 saturated heterocycles. The highest BCUT2D eigenvalue weighted by Gasteiger charge is 2.34. The number of phenols is 2. The number of hydrogen-bond acceptors (Lipinski definition) is 6. The number of phenolic OH excluding ortho intramolecular Hbond substituents is 2. The minimum absolute atomic E-state index is 0.0812. The standard InChI is InChI=1S/C29H33NO4S/c1-18-15-30(16-19(18)2)20(3)17-33-25-10-7-21(8-11-25)28-29(22-5-4-6-23(31)13-22)35-27-14-24(32)9-12-26(27)34-28/h4-14,18-20,28-29,31-32H,15-17H2,1-3H3/t18-,19?,20-,28-,29+/m0/s1. The summed E-state index contributed by atoms with van der Waals surface area (Å²) in [6, 6.07) is 21.0. The van der Waals surface area contributed by atoms with Crippen LogP contribution in [0.5, 0.6) is 23.0 Å². The van der Waals surface area contributed by atoms with Crippen molar-refractivity contribution in [3.63, 3.8) is 0 Å². The second-order valence-electron chi connectivity index (χ2n) is 9.94. The van der Waals surface area contributed by atoms with Crippen molar-refractivity contribution in [3.8, 4) is 23.0 Å². The van der Waals surface area contributed by atoms with Gasteiger partial charge in [-0.25, -0.2) is 0 Å². The minimum Gasteiger partial charge on any atom is -0.508 e. The minimum atomic E-state index is -0.251. The van der Waals surface area contributed by atoms with Gasteiger partial charge >= 0.3 is 0 Å². The maximum absolute atomic E-state index is 10.1. The van der Waals surface area contributed by atoms with E-state index >= 15 is 0 Å². The molecule has 0 saturated carbocycles. The van der Waals surface area contributed by atoms with Gasteiger partial charge in [-0.1, -0.05) is 38.1 Å². The Bertz CT molecular complexity index is 1160. The van der Waals surface area contributed by atoms with Crippen molar-refractivity contribution >= 4 is 11.8 Å². The molecule has 2 heterocycles. The van der Waals surface area contributed by atoms with E-state index in [-0.39, 0.29) is 22.9 Å². The lowest BCUT2D eigenvalue weighted by Crippen LogP contribution is -2.35. The maximum Gasteiger partial charge on any atom is 0.140 e. The number of hydrogen-bond donors (Lipinski definition) is 2. The SMILES string of the molecule is CC1CN([C@@H](C)COc2ccc([C@@H]3Oc4ccc(O)cc4S[C@@H]3c3cccc(O)c3)cc2)C[C@@H]1C. The summed E-state index contributed by atoms with van der Waals surface area (Å²) in [6.07, 6.45) is -0.251. The average Bonchev–Trinajstić information content (AvgIpc) is 3.20. The molecular weight excluding hydrogens is 458 g/mol. The molecule has 0 spiro atoms. The molecule has 2 aliphatic heterocycles. The van der Waals surface area contributed by atoms with Crippen molar-refractivity contribution in [2.45, 2.75) is 43.1 Å². The molecule has 1 unspecified atom stereocenters. The molecule has 1 fully saturated rings. The van der Waals surface area contributed by atoms with Gasteiger partial charge in [0.1, 0.15) is 35.7 Å². The van der Waals surface area contributed by atoms with Gasteiger partial charge in [0.25, 0.3) is 0 Å². The zero-order valence-corrected chi connectivity index (χ0v) is 21.2. The molecule has 0 bridgehead atoms. The fourth-order valence-electron chi connectivity index (χ4n) is 4.88. The summed E-state index contributed by atoms with van der Waals surface area (Å²) in [5.74, 6) is 3.50. The number of thioether (sulfide) groups is 1. The van der Waals surface area contributed by atoms with Gasteiger partial charge in [-0.15, -0.1) is 11.8 Å². The molecule has 0 aliphatic carbocycles. The van der Waals surface area contributed by atoms with Crippen LogP contribution in [-0.2, 0) is 0 Å². The van der Waals surface area contributed by atoms with Gasteiger partial charge in [-0.2, -0.15) is 0 Å². The third-order valence-electron chi connectivity index (χ3n) is 7.25. The van der Waals surface area contributed by atoms with Gasteiger partial charge in [0.2, 0.25) is 0 Å². The van der Waals surface area contributed by atoms with Gasteiger partial charge in [0.15, 0.2) is 0 Å². The third-order valence-corrected chi connectivity index (χ3v) is 8.59. The molecule has 2 N–H and O–H groups in total. The summed E-state index contributed by atoms with van der Waals surface area (Å²) in [4.78, 5) is 3.40. The Morgan fingerprint density at radius 3 is 2.37 bits per heavy atom. The van der Waals surface area contributed by atoms with Crippen LogP contribution in [0.3, 0.4) is 0 Å². The first-order valence-electron chi connectivity index (χ1n) is 12.3. The fourth-order valence-corrected chi connectivity index (χ4v) is 6.19. The van der Waals surface area contributed by atoms with Crippen LogP contribution in [0.1, 0.15) is 43.3 Å². The van der Waals surface area contributed by atoms with Crippen LogP contribution in [0.25, 0.3) is 0 Å². The van der Waals surface area contributed by atoms with E-state index in [0.29, 0.717) is 12.6 Å². The van der Waals surface area contributed by atoms with Gasteiger partial charge in [-0.3, -0.25) is 4.90 Å². The van der Waals surface area contributed by atoms with Crippen molar-refractivity contribution in [1.29, 1.82) is 0 Å². The van der Waals surface area contributed by atoms with Crippen LogP contribution in [0.2, 0.25) is 0 Å². The first-order chi connectivity index (χ1) is 16.9. The first kappa shape index (κ1) is 23.9. The molecular formula is C29H33NO4S. The smallest absolute Gasteiger partial charge is 0.140 e. The molecule has 5 nitrogen and oxygen atoms in total. The van der Waals surface area contributed by atoms with E-state index in [1.807, 2.05) is 30.3 Å². The molecule has 0 aromatic heterocycles. The summed E-state index contributed by atoms with van der Waals surface area (Å²) in [6.45, 7) is 9.83. The molecule has 0 amide bonds. The summed E-state index contributed by atoms with van der Waals surface area (Å²) in [5.41, 5.74) is 2.00. The van der Waals surface area contributed by atoms with Gasteiger partial charge < -0.3 is 19.7 Å². The number of ether oxygens (including phenoxy) is 2. The molecule has 5 rings (SSSR count). The van der Waals surface area contributed by atoms with Crippen molar-refractivity contribution in [2.24, 2.45) is 11.8 Å². The molecule has 3 aromatic carbocycles. The monoisotopic (exact) mass is 491 g/mol. The number of nitrogens with zero attached hydrogens (tertiary/aromatic N) is 1. The normalized spacial score (nSPS) is 25.0. The predicted molar refractivity (Wildman–Crippen MR) is 139 cm³/mol. The summed E-state index contributed by atoms with van der Waals surface area (Å²) < 4.78 is 12.6. The fraction of sp³-hybridized carbons (Fsp3) is 0.379. The molecule has 184 valence electrons. The second kappa shape index (κ2) is 10.0. The topological polar surface area (TPSA) is 62.2 Å². The summed E-state index contributed by atoms with van der Waals surface area (Å²) >= 11 is 1.64. The van der Waals surface area contributed by atoms with Crippen LogP contribution in [0.15, 0.2) is 71.6 Å². The van der Waals surface area contributed by atoms with Gasteiger partial charge in [-0.05, 0) is 72.4 Å².